The Morgan fingerprint density at radius 2 is 2.00 bits per heavy atom. The van der Waals surface area contributed by atoms with Gasteiger partial charge in [-0.1, -0.05) is 12.1 Å². The van der Waals surface area contributed by atoms with Gasteiger partial charge in [0, 0.05) is 5.39 Å². The van der Waals surface area contributed by atoms with Crippen LogP contribution in [0.25, 0.3) is 10.2 Å². The quantitative estimate of drug-likeness (QED) is 0.475. The van der Waals surface area contributed by atoms with Crippen molar-refractivity contribution in [3.8, 4) is 11.8 Å². The van der Waals surface area contributed by atoms with Crippen LogP contribution in [0.2, 0.25) is 0 Å². The van der Waals surface area contributed by atoms with E-state index in [4.69, 9.17) is 26.2 Å². The van der Waals surface area contributed by atoms with E-state index >= 15 is 0 Å². The van der Waals surface area contributed by atoms with Gasteiger partial charge in [-0.25, -0.2) is 4.98 Å². The second kappa shape index (κ2) is 9.32. The van der Waals surface area contributed by atoms with Gasteiger partial charge in [-0.05, 0) is 30.7 Å². The standard InChI is InChI=1S/C21H21N5O4S/c1-3-30-16(27)9-15(11-4-6-13(29-2)7-5-11)25-20(28)18-17(23)14-8-12(10-22)19(24)26-21(14)31-18/h4-8,15H,3,9,23H2,1-2H3,(H2,24,26)(H,25,28)/t15-/m1/s1. The Balaban J connectivity index is 1.92. The van der Waals surface area contributed by atoms with Gasteiger partial charge in [-0.3, -0.25) is 9.59 Å². The first-order valence-corrected chi connectivity index (χ1v) is 10.2. The largest absolute Gasteiger partial charge is 0.497 e. The molecule has 0 fully saturated rings. The Kier molecular flexibility index (Phi) is 6.57. The zero-order chi connectivity index (χ0) is 22.5. The number of fused-ring (bicyclic) bond motifs is 1. The van der Waals surface area contributed by atoms with E-state index in [0.717, 1.165) is 11.3 Å². The lowest BCUT2D eigenvalue weighted by molar-refractivity contribution is -0.143. The fourth-order valence-electron chi connectivity index (χ4n) is 3.01. The first-order chi connectivity index (χ1) is 14.9. The van der Waals surface area contributed by atoms with E-state index < -0.39 is 17.9 Å². The lowest BCUT2D eigenvalue weighted by Gasteiger charge is -2.18. The molecular formula is C21H21N5O4S. The number of aromatic nitrogens is 1. The molecule has 160 valence electrons. The topological polar surface area (TPSA) is 153 Å². The van der Waals surface area contributed by atoms with Crippen molar-refractivity contribution in [2.24, 2.45) is 0 Å². The molecule has 0 aliphatic rings. The molecule has 0 aliphatic carbocycles. The minimum atomic E-state index is -0.644. The lowest BCUT2D eigenvalue weighted by Crippen LogP contribution is -2.30. The molecule has 0 saturated heterocycles. The molecule has 0 spiro atoms. The van der Waals surface area contributed by atoms with E-state index in [-0.39, 0.29) is 35.0 Å². The second-order valence-electron chi connectivity index (χ2n) is 6.54. The zero-order valence-electron chi connectivity index (χ0n) is 17.0. The maximum Gasteiger partial charge on any atom is 0.308 e. The number of ether oxygens (including phenoxy) is 2. The van der Waals surface area contributed by atoms with Crippen LogP contribution in [0.4, 0.5) is 11.5 Å². The van der Waals surface area contributed by atoms with Gasteiger partial charge < -0.3 is 26.3 Å². The summed E-state index contributed by atoms with van der Waals surface area (Å²) < 4.78 is 10.2. The number of nitrogen functional groups attached to an aromatic ring is 2. The fraction of sp³-hybridized carbons (Fsp3) is 0.238. The van der Waals surface area contributed by atoms with Crippen molar-refractivity contribution in [2.75, 3.05) is 25.2 Å². The van der Waals surface area contributed by atoms with Crippen molar-refractivity contribution in [3.63, 3.8) is 0 Å². The molecule has 5 N–H and O–H groups in total. The Labute approximate surface area is 182 Å². The molecule has 3 aromatic rings. The molecule has 0 bridgehead atoms. The van der Waals surface area contributed by atoms with Crippen LogP contribution >= 0.6 is 11.3 Å². The van der Waals surface area contributed by atoms with Gasteiger partial charge in [0.2, 0.25) is 0 Å². The van der Waals surface area contributed by atoms with Crippen molar-refractivity contribution in [3.05, 3.63) is 46.3 Å². The number of hydrogen-bond acceptors (Lipinski definition) is 9. The van der Waals surface area contributed by atoms with Gasteiger partial charge in [0.1, 0.15) is 27.3 Å². The summed E-state index contributed by atoms with van der Waals surface area (Å²) in [6.07, 6.45) is -0.0551. The van der Waals surface area contributed by atoms with Gasteiger partial charge >= 0.3 is 5.97 Å². The van der Waals surface area contributed by atoms with Gasteiger partial charge in [-0.2, -0.15) is 5.26 Å². The Bertz CT molecular complexity index is 1170. The maximum atomic E-state index is 13.0. The lowest BCUT2D eigenvalue weighted by atomic mass is 10.0. The molecule has 10 heteroatoms. The summed E-state index contributed by atoms with van der Waals surface area (Å²) >= 11 is 1.06. The van der Waals surface area contributed by atoms with E-state index in [1.165, 1.54) is 6.07 Å². The molecule has 0 saturated carbocycles. The Morgan fingerprint density at radius 3 is 2.61 bits per heavy atom. The molecular weight excluding hydrogens is 418 g/mol. The van der Waals surface area contributed by atoms with Gasteiger partial charge in [0.15, 0.2) is 0 Å². The van der Waals surface area contributed by atoms with Crippen molar-refractivity contribution in [2.45, 2.75) is 19.4 Å². The van der Waals surface area contributed by atoms with E-state index in [2.05, 4.69) is 10.3 Å². The molecule has 2 aromatic heterocycles. The third-order valence-electron chi connectivity index (χ3n) is 4.58. The number of pyridine rings is 1. The van der Waals surface area contributed by atoms with Crippen LogP contribution < -0.4 is 21.5 Å². The SMILES string of the molecule is CCOC(=O)C[C@@H](NC(=O)c1sc2nc(N)c(C#N)cc2c1N)c1ccc(OC)cc1. The number of thiophene rings is 1. The highest BCUT2D eigenvalue weighted by Crippen LogP contribution is 2.34. The van der Waals surface area contributed by atoms with E-state index in [9.17, 15) is 9.59 Å². The van der Waals surface area contributed by atoms with Crippen molar-refractivity contribution in [1.29, 1.82) is 5.26 Å². The number of rotatable bonds is 7. The highest BCUT2D eigenvalue weighted by molar-refractivity contribution is 7.21. The number of anilines is 2. The molecule has 1 atom stereocenters. The molecule has 1 amide bonds. The number of benzene rings is 1. The van der Waals surface area contributed by atoms with Gasteiger partial charge in [0.05, 0.1) is 37.4 Å². The van der Waals surface area contributed by atoms with Gasteiger partial charge in [-0.15, -0.1) is 11.3 Å². The summed E-state index contributed by atoms with van der Waals surface area (Å²) in [6.45, 7) is 1.95. The maximum absolute atomic E-state index is 13.0. The number of nitrogens with zero attached hydrogens (tertiary/aromatic N) is 2. The highest BCUT2D eigenvalue weighted by Gasteiger charge is 2.24. The van der Waals surface area contributed by atoms with Crippen LogP contribution in [0.1, 0.15) is 40.2 Å². The van der Waals surface area contributed by atoms with Crippen LogP contribution in [0.5, 0.6) is 5.75 Å². The second-order valence-corrected chi connectivity index (χ2v) is 7.54. The van der Waals surface area contributed by atoms with E-state index in [0.29, 0.717) is 21.5 Å². The van der Waals surface area contributed by atoms with Crippen molar-refractivity contribution in [1.82, 2.24) is 10.3 Å². The summed E-state index contributed by atoms with van der Waals surface area (Å²) in [5.41, 5.74) is 13.0. The molecule has 9 nitrogen and oxygen atoms in total. The number of nitrogens with one attached hydrogen (secondary N) is 1. The first kappa shape index (κ1) is 21.9. The number of carbonyl (C=O) groups excluding carboxylic acids is 2. The summed E-state index contributed by atoms with van der Waals surface area (Å²) in [4.78, 5) is 30.0. The Hall–Kier alpha value is -3.84. The molecule has 0 aliphatic heterocycles. The molecule has 0 radical (unpaired) electrons. The van der Waals surface area contributed by atoms with Crippen LogP contribution in [0.15, 0.2) is 30.3 Å². The number of nitrogens with two attached hydrogens (primary N) is 2. The molecule has 3 rings (SSSR count). The van der Waals surface area contributed by atoms with E-state index in [1.54, 1.807) is 38.3 Å². The van der Waals surface area contributed by atoms with Crippen LogP contribution in [0.3, 0.4) is 0 Å². The molecule has 2 heterocycles. The third-order valence-corrected chi connectivity index (χ3v) is 5.69. The van der Waals surface area contributed by atoms with Crippen LogP contribution in [-0.2, 0) is 9.53 Å². The zero-order valence-corrected chi connectivity index (χ0v) is 17.8. The molecule has 0 unspecified atom stereocenters. The minimum absolute atomic E-state index is 0.0551. The number of methoxy groups -OCH3 is 1. The molecule has 31 heavy (non-hydrogen) atoms. The van der Waals surface area contributed by atoms with Crippen molar-refractivity contribution < 1.29 is 19.1 Å². The third kappa shape index (κ3) is 4.67. The monoisotopic (exact) mass is 439 g/mol. The predicted molar refractivity (Wildman–Crippen MR) is 118 cm³/mol. The number of carbonyl (C=O) groups is 2. The summed E-state index contributed by atoms with van der Waals surface area (Å²) in [5, 5.41) is 12.5. The summed E-state index contributed by atoms with van der Waals surface area (Å²) in [7, 11) is 1.55. The average molecular weight is 439 g/mol. The number of hydrogen-bond donors (Lipinski definition) is 3. The van der Waals surface area contributed by atoms with E-state index in [1.807, 2.05) is 6.07 Å². The summed E-state index contributed by atoms with van der Waals surface area (Å²) in [5.74, 6) is -0.193. The number of esters is 1. The van der Waals surface area contributed by atoms with Crippen LogP contribution in [0, 0.1) is 11.3 Å². The first-order valence-electron chi connectivity index (χ1n) is 9.36. The smallest absolute Gasteiger partial charge is 0.308 e. The number of amides is 1. The number of nitriles is 1. The molecule has 1 aromatic carbocycles. The van der Waals surface area contributed by atoms with Gasteiger partial charge in [0.25, 0.3) is 5.91 Å². The highest BCUT2D eigenvalue weighted by atomic mass is 32.1. The Morgan fingerprint density at radius 1 is 1.29 bits per heavy atom. The summed E-state index contributed by atoms with van der Waals surface area (Å²) in [6, 6.07) is 9.82. The average Bonchev–Trinajstić information content (AvgIpc) is 3.08. The van der Waals surface area contributed by atoms with Crippen LogP contribution in [-0.4, -0.2) is 30.6 Å². The fourth-order valence-corrected chi connectivity index (χ4v) is 4.00. The van der Waals surface area contributed by atoms with Crippen molar-refractivity contribution >= 4 is 44.9 Å². The minimum Gasteiger partial charge on any atom is -0.497 e. The predicted octanol–water partition coefficient (Wildman–Crippen LogP) is 2.77. The normalized spacial score (nSPS) is 11.5.